The number of nitrogens with one attached hydrogen (secondary N) is 1. The summed E-state index contributed by atoms with van der Waals surface area (Å²) < 4.78 is 1.66. The van der Waals surface area contributed by atoms with Crippen molar-refractivity contribution in [2.45, 2.75) is 0 Å². The van der Waals surface area contributed by atoms with Crippen LogP contribution in [0.1, 0.15) is 10.4 Å². The van der Waals surface area contributed by atoms with E-state index in [1.807, 2.05) is 53.9 Å². The Morgan fingerprint density at radius 1 is 1.04 bits per heavy atom. The minimum absolute atomic E-state index is 0.246. The van der Waals surface area contributed by atoms with Crippen molar-refractivity contribution < 1.29 is 4.79 Å². The van der Waals surface area contributed by atoms with E-state index in [2.05, 4.69) is 20.4 Å². The predicted octanol–water partition coefficient (Wildman–Crippen LogP) is 3.64. The number of thiazole rings is 1. The molecule has 6 nitrogen and oxygen atoms in total. The number of aromatic nitrogens is 4. The van der Waals surface area contributed by atoms with Crippen molar-refractivity contribution in [2.24, 2.45) is 0 Å². The Morgan fingerprint density at radius 3 is 2.68 bits per heavy atom. The fourth-order valence-electron chi connectivity index (χ4n) is 2.29. The summed E-state index contributed by atoms with van der Waals surface area (Å²) in [6, 6.07) is 15.3. The Labute approximate surface area is 147 Å². The van der Waals surface area contributed by atoms with E-state index < -0.39 is 0 Å². The second kappa shape index (κ2) is 6.66. The molecule has 1 N–H and O–H groups in total. The van der Waals surface area contributed by atoms with Crippen LogP contribution < -0.4 is 5.32 Å². The molecule has 0 fully saturated rings. The number of hydrogen-bond donors (Lipinski definition) is 1. The van der Waals surface area contributed by atoms with Gasteiger partial charge in [-0.15, -0.1) is 11.3 Å². The van der Waals surface area contributed by atoms with Crippen molar-refractivity contribution in [3.8, 4) is 17.1 Å². The molecule has 0 aliphatic rings. The van der Waals surface area contributed by atoms with Gasteiger partial charge in [0.25, 0.3) is 5.91 Å². The smallest absolute Gasteiger partial charge is 0.260 e. The van der Waals surface area contributed by atoms with Gasteiger partial charge in [-0.05, 0) is 24.3 Å². The molecule has 25 heavy (non-hydrogen) atoms. The molecule has 1 amide bonds. The third-order valence-corrected chi connectivity index (χ3v) is 4.28. The predicted molar refractivity (Wildman–Crippen MR) is 96.9 cm³/mol. The third kappa shape index (κ3) is 3.31. The van der Waals surface area contributed by atoms with Crippen molar-refractivity contribution in [2.75, 3.05) is 5.32 Å². The lowest BCUT2D eigenvalue weighted by atomic mass is 10.3. The highest BCUT2D eigenvalue weighted by molar-refractivity contribution is 7.14. The number of carbonyl (C=O) groups is 1. The standard InChI is InChI=1S/C18H13N5OS/c24-17(13-10-20-23(11-13)14-6-2-1-3-7-14)22-18-21-16(12-25-18)15-8-4-5-9-19-15/h1-12H,(H,21,22,24). The number of carbonyl (C=O) groups excluding carboxylic acids is 1. The molecule has 0 bridgehead atoms. The Hall–Kier alpha value is -3.32. The van der Waals surface area contributed by atoms with Crippen LogP contribution >= 0.6 is 11.3 Å². The van der Waals surface area contributed by atoms with Gasteiger partial charge < -0.3 is 0 Å². The average molecular weight is 347 g/mol. The molecular weight excluding hydrogens is 334 g/mol. The fraction of sp³-hybridized carbons (Fsp3) is 0. The molecule has 1 aromatic carbocycles. The van der Waals surface area contributed by atoms with Crippen LogP contribution in [0.5, 0.6) is 0 Å². The molecule has 4 rings (SSSR count). The molecule has 3 aromatic heterocycles. The molecule has 4 aromatic rings. The van der Waals surface area contributed by atoms with Crippen LogP contribution in [0.25, 0.3) is 17.1 Å². The van der Waals surface area contributed by atoms with Crippen LogP contribution in [0.4, 0.5) is 5.13 Å². The maximum absolute atomic E-state index is 12.4. The quantitative estimate of drug-likeness (QED) is 0.612. The van der Waals surface area contributed by atoms with Gasteiger partial charge in [0, 0.05) is 17.8 Å². The van der Waals surface area contributed by atoms with Gasteiger partial charge in [-0.25, -0.2) is 9.67 Å². The van der Waals surface area contributed by atoms with Crippen LogP contribution in [0, 0.1) is 0 Å². The maximum atomic E-state index is 12.4. The highest BCUT2D eigenvalue weighted by Crippen LogP contribution is 2.23. The van der Waals surface area contributed by atoms with Crippen molar-refractivity contribution >= 4 is 22.4 Å². The zero-order valence-electron chi connectivity index (χ0n) is 13.0. The molecule has 0 spiro atoms. The van der Waals surface area contributed by atoms with Gasteiger partial charge in [0.2, 0.25) is 0 Å². The number of anilines is 1. The number of benzene rings is 1. The van der Waals surface area contributed by atoms with Gasteiger partial charge in [0.1, 0.15) is 5.69 Å². The van der Waals surface area contributed by atoms with Crippen LogP contribution in [-0.4, -0.2) is 25.7 Å². The third-order valence-electron chi connectivity index (χ3n) is 3.52. The van der Waals surface area contributed by atoms with Crippen LogP contribution in [0.3, 0.4) is 0 Å². The van der Waals surface area contributed by atoms with Crippen LogP contribution in [0.2, 0.25) is 0 Å². The monoisotopic (exact) mass is 347 g/mol. The number of rotatable bonds is 4. The van der Waals surface area contributed by atoms with E-state index in [-0.39, 0.29) is 5.91 Å². The lowest BCUT2D eigenvalue weighted by molar-refractivity contribution is 0.102. The number of nitrogens with zero attached hydrogens (tertiary/aromatic N) is 4. The second-order valence-electron chi connectivity index (χ2n) is 5.22. The van der Waals surface area contributed by atoms with E-state index in [4.69, 9.17) is 0 Å². The van der Waals surface area contributed by atoms with E-state index in [9.17, 15) is 4.79 Å². The summed E-state index contributed by atoms with van der Waals surface area (Å²) in [4.78, 5) is 21.1. The van der Waals surface area contributed by atoms with Crippen LogP contribution in [0.15, 0.2) is 72.5 Å². The molecule has 0 radical (unpaired) electrons. The lowest BCUT2D eigenvalue weighted by Crippen LogP contribution is -2.10. The zero-order chi connectivity index (χ0) is 17.1. The minimum Gasteiger partial charge on any atom is -0.298 e. The summed E-state index contributed by atoms with van der Waals surface area (Å²) >= 11 is 1.36. The van der Waals surface area contributed by atoms with Gasteiger partial charge >= 0.3 is 0 Å². The van der Waals surface area contributed by atoms with Gasteiger partial charge in [-0.2, -0.15) is 5.10 Å². The molecule has 0 aliphatic carbocycles. The van der Waals surface area contributed by atoms with Gasteiger partial charge in [-0.3, -0.25) is 15.1 Å². The van der Waals surface area contributed by atoms with E-state index in [0.717, 1.165) is 17.1 Å². The SMILES string of the molecule is O=C(Nc1nc(-c2ccccn2)cs1)c1cnn(-c2ccccc2)c1. The van der Waals surface area contributed by atoms with E-state index >= 15 is 0 Å². The fourth-order valence-corrected chi connectivity index (χ4v) is 2.99. The molecular formula is C18H13N5OS. The highest BCUT2D eigenvalue weighted by Gasteiger charge is 2.12. The number of pyridine rings is 1. The topological polar surface area (TPSA) is 72.7 Å². The first-order valence-corrected chi connectivity index (χ1v) is 8.46. The number of para-hydroxylation sites is 1. The summed E-state index contributed by atoms with van der Waals surface area (Å²) in [5.41, 5.74) is 2.88. The molecule has 3 heterocycles. The lowest BCUT2D eigenvalue weighted by Gasteiger charge is -2.00. The highest BCUT2D eigenvalue weighted by atomic mass is 32.1. The van der Waals surface area contributed by atoms with Crippen LogP contribution in [-0.2, 0) is 0 Å². The number of hydrogen-bond acceptors (Lipinski definition) is 5. The first kappa shape index (κ1) is 15.2. The Balaban J connectivity index is 1.50. The van der Waals surface area contributed by atoms with Gasteiger partial charge in [0.05, 0.1) is 23.1 Å². The molecule has 122 valence electrons. The zero-order valence-corrected chi connectivity index (χ0v) is 13.9. The first-order chi connectivity index (χ1) is 12.3. The van der Waals surface area contributed by atoms with Crippen molar-refractivity contribution in [3.05, 3.63) is 78.1 Å². The Morgan fingerprint density at radius 2 is 1.88 bits per heavy atom. The average Bonchev–Trinajstić information content (AvgIpc) is 3.33. The normalized spacial score (nSPS) is 10.6. The number of amides is 1. The molecule has 0 aliphatic heterocycles. The molecule has 0 saturated carbocycles. The largest absolute Gasteiger partial charge is 0.298 e. The maximum Gasteiger partial charge on any atom is 0.260 e. The van der Waals surface area contributed by atoms with E-state index in [1.165, 1.54) is 17.5 Å². The first-order valence-electron chi connectivity index (χ1n) is 7.58. The summed E-state index contributed by atoms with van der Waals surface area (Å²) in [6.45, 7) is 0. The molecule has 0 unspecified atom stereocenters. The second-order valence-corrected chi connectivity index (χ2v) is 6.07. The van der Waals surface area contributed by atoms with Gasteiger partial charge in [0.15, 0.2) is 5.13 Å². The summed E-state index contributed by atoms with van der Waals surface area (Å²) in [7, 11) is 0. The van der Waals surface area contributed by atoms with Crippen molar-refractivity contribution in [3.63, 3.8) is 0 Å². The summed E-state index contributed by atoms with van der Waals surface area (Å²) in [5.74, 6) is -0.246. The van der Waals surface area contributed by atoms with E-state index in [0.29, 0.717) is 10.7 Å². The van der Waals surface area contributed by atoms with Gasteiger partial charge in [-0.1, -0.05) is 24.3 Å². The molecule has 0 saturated heterocycles. The van der Waals surface area contributed by atoms with Crippen molar-refractivity contribution in [1.82, 2.24) is 19.7 Å². The van der Waals surface area contributed by atoms with E-state index in [1.54, 1.807) is 17.1 Å². The Bertz CT molecular complexity index is 995. The van der Waals surface area contributed by atoms with Crippen molar-refractivity contribution in [1.29, 1.82) is 0 Å². The Kier molecular flexibility index (Phi) is 4.05. The molecule has 7 heteroatoms. The minimum atomic E-state index is -0.246. The summed E-state index contributed by atoms with van der Waals surface area (Å²) in [6.07, 6.45) is 4.94. The molecule has 0 atom stereocenters. The summed E-state index contributed by atoms with van der Waals surface area (Å²) in [5, 5.41) is 9.42.